The van der Waals surface area contributed by atoms with Gasteiger partial charge in [0.25, 0.3) is 0 Å². The van der Waals surface area contributed by atoms with Gasteiger partial charge in [-0.15, -0.1) is 0 Å². The SMILES string of the molecule is CCN1C(=CC=C2CCC(=CC=C3Sc4ccccc4N3CC)C2=C2C(=O)c3ccccc3C2=O)Sc2ccccc21. The molecule has 6 heteroatoms. The third-order valence-electron chi connectivity index (χ3n) is 8.19. The van der Waals surface area contributed by atoms with E-state index >= 15 is 0 Å². The largest absolute Gasteiger partial charge is 0.335 e. The van der Waals surface area contributed by atoms with Gasteiger partial charge in [0.15, 0.2) is 11.6 Å². The van der Waals surface area contributed by atoms with Gasteiger partial charge in [-0.2, -0.15) is 0 Å². The first kappa shape index (κ1) is 26.9. The molecule has 0 atom stereocenters. The Bertz CT molecular complexity index is 1680. The highest BCUT2D eigenvalue weighted by Gasteiger charge is 2.38. The first-order valence-corrected chi connectivity index (χ1v) is 16.1. The predicted octanol–water partition coefficient (Wildman–Crippen LogP) is 8.96. The molecule has 2 aliphatic heterocycles. The van der Waals surface area contributed by atoms with E-state index in [1.54, 1.807) is 35.7 Å². The second-order valence-corrected chi connectivity index (χ2v) is 12.6. The van der Waals surface area contributed by atoms with E-state index in [4.69, 9.17) is 0 Å². The van der Waals surface area contributed by atoms with Crippen LogP contribution in [0, 0.1) is 0 Å². The summed E-state index contributed by atoms with van der Waals surface area (Å²) in [5.74, 6) is -0.333. The molecule has 1 saturated carbocycles. The topological polar surface area (TPSA) is 40.6 Å². The van der Waals surface area contributed by atoms with E-state index in [-0.39, 0.29) is 11.6 Å². The Morgan fingerprint density at radius 1 is 0.595 bits per heavy atom. The number of Topliss-reactive ketones (excluding diaryl/α,β-unsaturated/α-hetero) is 2. The van der Waals surface area contributed by atoms with Gasteiger partial charge in [0.05, 0.1) is 27.0 Å². The zero-order chi connectivity index (χ0) is 28.8. The highest BCUT2D eigenvalue weighted by molar-refractivity contribution is 8.04. The summed E-state index contributed by atoms with van der Waals surface area (Å²) in [4.78, 5) is 34.5. The summed E-state index contributed by atoms with van der Waals surface area (Å²) < 4.78 is 0. The van der Waals surface area contributed by atoms with Crippen LogP contribution in [0.15, 0.2) is 139 Å². The molecule has 2 aliphatic carbocycles. The lowest BCUT2D eigenvalue weighted by molar-refractivity contribution is 0.0987. The zero-order valence-corrected chi connectivity index (χ0v) is 25.2. The molecule has 208 valence electrons. The number of anilines is 2. The van der Waals surface area contributed by atoms with Crippen LogP contribution in [-0.2, 0) is 0 Å². The average molecular weight is 587 g/mol. The minimum absolute atomic E-state index is 0.166. The van der Waals surface area contributed by atoms with E-state index in [1.807, 2.05) is 12.1 Å². The molecular formula is C36H30N2O2S2. The van der Waals surface area contributed by atoms with Crippen molar-refractivity contribution < 1.29 is 9.59 Å². The first-order chi connectivity index (χ1) is 20.6. The maximum atomic E-state index is 13.7. The molecule has 0 radical (unpaired) electrons. The van der Waals surface area contributed by atoms with E-state index in [0.29, 0.717) is 16.7 Å². The van der Waals surface area contributed by atoms with Crippen molar-refractivity contribution in [2.45, 2.75) is 36.5 Å². The summed E-state index contributed by atoms with van der Waals surface area (Å²) in [6.45, 7) is 6.05. The highest BCUT2D eigenvalue weighted by atomic mass is 32.2. The fourth-order valence-corrected chi connectivity index (χ4v) is 8.47. The van der Waals surface area contributed by atoms with Crippen LogP contribution in [0.5, 0.6) is 0 Å². The lowest BCUT2D eigenvalue weighted by Gasteiger charge is -2.17. The number of rotatable bonds is 4. The van der Waals surface area contributed by atoms with Crippen molar-refractivity contribution in [1.82, 2.24) is 0 Å². The number of benzene rings is 3. The van der Waals surface area contributed by atoms with Gasteiger partial charge >= 0.3 is 0 Å². The van der Waals surface area contributed by atoms with Gasteiger partial charge < -0.3 is 9.80 Å². The molecule has 7 rings (SSSR count). The van der Waals surface area contributed by atoms with Crippen LogP contribution < -0.4 is 9.80 Å². The lowest BCUT2D eigenvalue weighted by Crippen LogP contribution is -2.16. The smallest absolute Gasteiger partial charge is 0.198 e. The summed E-state index contributed by atoms with van der Waals surface area (Å²) >= 11 is 3.52. The summed E-state index contributed by atoms with van der Waals surface area (Å²) in [7, 11) is 0. The minimum Gasteiger partial charge on any atom is -0.335 e. The zero-order valence-electron chi connectivity index (χ0n) is 23.6. The summed E-state index contributed by atoms with van der Waals surface area (Å²) in [6, 6.07) is 24.1. The molecular weight excluding hydrogens is 557 g/mol. The summed E-state index contributed by atoms with van der Waals surface area (Å²) in [6.07, 6.45) is 10.1. The van der Waals surface area contributed by atoms with Gasteiger partial charge in [-0.25, -0.2) is 0 Å². The second kappa shape index (κ2) is 11.0. The van der Waals surface area contributed by atoms with Crippen LogP contribution in [0.2, 0.25) is 0 Å². The van der Waals surface area contributed by atoms with E-state index in [9.17, 15) is 9.59 Å². The summed E-state index contributed by atoms with van der Waals surface area (Å²) in [5.41, 5.74) is 6.65. The van der Waals surface area contributed by atoms with Gasteiger partial charge in [-0.1, -0.05) is 84.2 Å². The standard InChI is InChI=1S/C36H30N2O2S2/c1-3-37-27-13-7-9-15-29(27)41-31(37)21-19-23-17-18-24(20-22-32-38(4-2)28-14-8-10-16-30(28)42-32)33(23)34-35(39)25-11-5-6-12-26(25)36(34)40/h5-16,19-22H,3-4,17-18H2,1-2H3. The predicted molar refractivity (Wildman–Crippen MR) is 174 cm³/mol. The molecule has 3 aromatic carbocycles. The minimum atomic E-state index is -0.166. The van der Waals surface area contributed by atoms with Crippen LogP contribution in [0.3, 0.4) is 0 Å². The van der Waals surface area contributed by atoms with Gasteiger partial charge in [-0.05, 0) is 79.8 Å². The molecule has 2 heterocycles. The normalized spacial score (nSPS) is 21.5. The van der Waals surface area contributed by atoms with Crippen molar-refractivity contribution in [3.05, 3.63) is 141 Å². The van der Waals surface area contributed by atoms with Crippen molar-refractivity contribution in [2.24, 2.45) is 0 Å². The Hall–Kier alpha value is -4.00. The number of hydrogen-bond donors (Lipinski definition) is 0. The van der Waals surface area contributed by atoms with E-state index in [1.165, 1.54) is 21.2 Å². The van der Waals surface area contributed by atoms with Crippen LogP contribution >= 0.6 is 23.5 Å². The number of fused-ring (bicyclic) bond motifs is 3. The maximum Gasteiger partial charge on any atom is 0.198 e. The van der Waals surface area contributed by atoms with E-state index in [2.05, 4.69) is 96.5 Å². The number of carbonyl (C=O) groups excluding carboxylic acids is 2. The first-order valence-electron chi connectivity index (χ1n) is 14.4. The molecule has 0 amide bonds. The molecule has 1 fully saturated rings. The van der Waals surface area contributed by atoms with Gasteiger partial charge in [-0.3, -0.25) is 9.59 Å². The molecule has 0 saturated heterocycles. The number of ketones is 2. The Morgan fingerprint density at radius 3 is 1.48 bits per heavy atom. The molecule has 0 spiro atoms. The molecule has 0 N–H and O–H groups in total. The Kier molecular flexibility index (Phi) is 7.04. The van der Waals surface area contributed by atoms with Crippen molar-refractivity contribution in [3.8, 4) is 0 Å². The molecule has 42 heavy (non-hydrogen) atoms. The average Bonchev–Trinajstić information content (AvgIpc) is 3.75. The number of thioether (sulfide) groups is 2. The highest BCUT2D eigenvalue weighted by Crippen LogP contribution is 2.48. The fourth-order valence-electron chi connectivity index (χ4n) is 6.21. The van der Waals surface area contributed by atoms with Crippen LogP contribution in [0.4, 0.5) is 11.4 Å². The monoisotopic (exact) mass is 586 g/mol. The third kappa shape index (κ3) is 4.41. The Balaban J connectivity index is 1.31. The van der Waals surface area contributed by atoms with Crippen LogP contribution in [0.25, 0.3) is 0 Å². The lowest BCUT2D eigenvalue weighted by atomic mass is 9.95. The maximum absolute atomic E-state index is 13.7. The van der Waals surface area contributed by atoms with Gasteiger partial charge in [0.2, 0.25) is 0 Å². The van der Waals surface area contributed by atoms with Gasteiger partial charge in [0.1, 0.15) is 0 Å². The Labute approximate surface area is 255 Å². The fraction of sp³-hybridized carbons (Fsp3) is 0.167. The quantitative estimate of drug-likeness (QED) is 0.225. The Morgan fingerprint density at radius 2 is 1.02 bits per heavy atom. The van der Waals surface area contributed by atoms with Crippen molar-refractivity contribution in [2.75, 3.05) is 22.9 Å². The van der Waals surface area contributed by atoms with E-state index < -0.39 is 0 Å². The molecule has 0 bridgehead atoms. The number of nitrogens with zero attached hydrogens (tertiary/aromatic N) is 2. The molecule has 4 nitrogen and oxygen atoms in total. The molecule has 0 aromatic heterocycles. The summed E-state index contributed by atoms with van der Waals surface area (Å²) in [5, 5.41) is 2.31. The third-order valence-corrected chi connectivity index (χ3v) is 10.4. The second-order valence-electron chi connectivity index (χ2n) is 10.5. The van der Waals surface area contributed by atoms with E-state index in [0.717, 1.165) is 52.7 Å². The number of carbonyl (C=O) groups is 2. The molecule has 3 aromatic rings. The van der Waals surface area contributed by atoms with Gasteiger partial charge in [0, 0.05) is 34.0 Å². The molecule has 4 aliphatic rings. The van der Waals surface area contributed by atoms with Crippen LogP contribution in [-0.4, -0.2) is 24.7 Å². The van der Waals surface area contributed by atoms with Crippen molar-refractivity contribution in [1.29, 1.82) is 0 Å². The molecule has 0 unspecified atom stereocenters. The number of hydrogen-bond acceptors (Lipinski definition) is 6. The van der Waals surface area contributed by atoms with Crippen LogP contribution in [0.1, 0.15) is 47.4 Å². The number of para-hydroxylation sites is 2. The number of allylic oxidation sites excluding steroid dienone is 8. The van der Waals surface area contributed by atoms with Crippen molar-refractivity contribution in [3.63, 3.8) is 0 Å². The van der Waals surface area contributed by atoms with Crippen molar-refractivity contribution >= 4 is 46.5 Å².